The second-order valence-corrected chi connectivity index (χ2v) is 5.73. The molecule has 23 heavy (non-hydrogen) atoms. The lowest BCUT2D eigenvalue weighted by Gasteiger charge is -2.09. The Hall–Kier alpha value is -2.69. The number of nitrogens with zero attached hydrogens (tertiary/aromatic N) is 3. The van der Waals surface area contributed by atoms with Gasteiger partial charge in [0.05, 0.1) is 16.6 Å². The summed E-state index contributed by atoms with van der Waals surface area (Å²) in [5.74, 6) is -0.134. The molecule has 3 rings (SSSR count). The van der Waals surface area contributed by atoms with Crippen LogP contribution in [0.15, 0.2) is 30.3 Å². The predicted octanol–water partition coefficient (Wildman–Crippen LogP) is 3.40. The molecule has 0 atom stereocenters. The highest BCUT2D eigenvalue weighted by Gasteiger charge is 2.17. The lowest BCUT2D eigenvalue weighted by Crippen LogP contribution is -2.13. The van der Waals surface area contributed by atoms with Gasteiger partial charge in [-0.3, -0.25) is 9.48 Å². The molecule has 2 aromatic heterocycles. The number of pyridine rings is 1. The Morgan fingerprint density at radius 3 is 2.78 bits per heavy atom. The number of anilines is 1. The molecule has 2 heterocycles. The van der Waals surface area contributed by atoms with Gasteiger partial charge in [0.25, 0.3) is 5.91 Å². The second kappa shape index (κ2) is 5.83. The van der Waals surface area contributed by atoms with Crippen LogP contribution in [0.2, 0.25) is 0 Å². The van der Waals surface area contributed by atoms with Crippen LogP contribution in [0.4, 0.5) is 5.69 Å². The average molecular weight is 308 g/mol. The van der Waals surface area contributed by atoms with Crippen molar-refractivity contribution >= 4 is 22.6 Å². The average Bonchev–Trinajstić information content (AvgIpc) is 2.81. The molecule has 1 aromatic carbocycles. The number of benzene rings is 1. The van der Waals surface area contributed by atoms with Gasteiger partial charge in [0.15, 0.2) is 5.65 Å². The van der Waals surface area contributed by atoms with E-state index in [-0.39, 0.29) is 5.91 Å². The van der Waals surface area contributed by atoms with Crippen LogP contribution in [-0.4, -0.2) is 20.7 Å². The van der Waals surface area contributed by atoms with E-state index >= 15 is 0 Å². The molecule has 0 fully saturated rings. The van der Waals surface area contributed by atoms with Crippen molar-refractivity contribution in [3.05, 3.63) is 52.8 Å². The molecule has 1 N–H and O–H groups in total. The van der Waals surface area contributed by atoms with Gasteiger partial charge >= 0.3 is 0 Å². The first kappa shape index (κ1) is 15.2. The third kappa shape index (κ3) is 2.82. The van der Waals surface area contributed by atoms with Crippen molar-refractivity contribution in [2.45, 2.75) is 27.2 Å². The Balaban J connectivity index is 2.03. The number of aromatic nitrogens is 3. The van der Waals surface area contributed by atoms with Crippen LogP contribution < -0.4 is 5.32 Å². The van der Waals surface area contributed by atoms with Gasteiger partial charge in [0.1, 0.15) is 0 Å². The zero-order chi connectivity index (χ0) is 16.6. The van der Waals surface area contributed by atoms with Crippen molar-refractivity contribution in [1.82, 2.24) is 14.8 Å². The van der Waals surface area contributed by atoms with E-state index < -0.39 is 0 Å². The van der Waals surface area contributed by atoms with Gasteiger partial charge in [-0.25, -0.2) is 4.98 Å². The Morgan fingerprint density at radius 2 is 2.04 bits per heavy atom. The summed E-state index contributed by atoms with van der Waals surface area (Å²) in [6, 6.07) is 9.72. The van der Waals surface area contributed by atoms with Gasteiger partial charge in [-0.1, -0.05) is 19.1 Å². The Kier molecular flexibility index (Phi) is 3.86. The van der Waals surface area contributed by atoms with Gasteiger partial charge < -0.3 is 5.32 Å². The fraction of sp³-hybridized carbons (Fsp3) is 0.278. The maximum atomic E-state index is 12.8. The van der Waals surface area contributed by atoms with Crippen LogP contribution >= 0.6 is 0 Å². The Labute approximate surface area is 135 Å². The van der Waals surface area contributed by atoms with Crippen LogP contribution in [0.25, 0.3) is 11.0 Å². The molecule has 0 aliphatic heterocycles. The van der Waals surface area contributed by atoms with Gasteiger partial charge in [0.2, 0.25) is 0 Å². The first-order chi connectivity index (χ1) is 11.0. The standard InChI is InChI=1S/C18H20N4O/c1-5-13-7-6-8-14(10-13)20-18(23)15-9-11(2)19-17-16(15)12(3)21-22(17)4/h6-10H,5H2,1-4H3,(H,20,23). The molecule has 5 nitrogen and oxygen atoms in total. The highest BCUT2D eigenvalue weighted by atomic mass is 16.1. The summed E-state index contributed by atoms with van der Waals surface area (Å²) in [5.41, 5.74) is 4.94. The Bertz CT molecular complexity index is 895. The van der Waals surface area contributed by atoms with Gasteiger partial charge in [-0.05, 0) is 44.0 Å². The highest BCUT2D eigenvalue weighted by molar-refractivity contribution is 6.12. The maximum absolute atomic E-state index is 12.8. The van der Waals surface area contributed by atoms with Crippen molar-refractivity contribution in [3.63, 3.8) is 0 Å². The number of carbonyl (C=O) groups is 1. The Morgan fingerprint density at radius 1 is 1.26 bits per heavy atom. The minimum atomic E-state index is -0.134. The molecule has 1 amide bonds. The highest BCUT2D eigenvalue weighted by Crippen LogP contribution is 2.23. The summed E-state index contributed by atoms with van der Waals surface area (Å²) in [6.07, 6.45) is 0.935. The number of fused-ring (bicyclic) bond motifs is 1. The molecule has 0 aliphatic rings. The van der Waals surface area contributed by atoms with Gasteiger partial charge in [0, 0.05) is 18.4 Å². The molecule has 118 valence electrons. The maximum Gasteiger partial charge on any atom is 0.256 e. The summed E-state index contributed by atoms with van der Waals surface area (Å²) < 4.78 is 1.71. The molecule has 0 saturated heterocycles. The molecule has 0 bridgehead atoms. The molecule has 0 unspecified atom stereocenters. The number of amides is 1. The SMILES string of the molecule is CCc1cccc(NC(=O)c2cc(C)nc3c2c(C)nn3C)c1. The van der Waals surface area contributed by atoms with Crippen LogP contribution in [0, 0.1) is 13.8 Å². The second-order valence-electron chi connectivity index (χ2n) is 5.73. The predicted molar refractivity (Wildman–Crippen MR) is 91.8 cm³/mol. The van der Waals surface area contributed by atoms with E-state index in [9.17, 15) is 4.79 Å². The number of aryl methyl sites for hydroxylation is 4. The normalized spacial score (nSPS) is 11.0. The van der Waals surface area contributed by atoms with E-state index in [1.165, 1.54) is 5.56 Å². The fourth-order valence-electron chi connectivity index (χ4n) is 2.82. The third-order valence-electron chi connectivity index (χ3n) is 3.93. The van der Waals surface area contributed by atoms with E-state index in [0.717, 1.165) is 34.5 Å². The lowest BCUT2D eigenvalue weighted by molar-refractivity contribution is 0.102. The molecule has 3 aromatic rings. The van der Waals surface area contributed by atoms with E-state index in [1.807, 2.05) is 45.2 Å². The molecular weight excluding hydrogens is 288 g/mol. The summed E-state index contributed by atoms with van der Waals surface area (Å²) >= 11 is 0. The topological polar surface area (TPSA) is 59.8 Å². The van der Waals surface area contributed by atoms with E-state index in [2.05, 4.69) is 28.4 Å². The summed E-state index contributed by atoms with van der Waals surface area (Å²) in [6.45, 7) is 5.87. The van der Waals surface area contributed by atoms with E-state index in [0.29, 0.717) is 5.56 Å². The number of hydrogen-bond donors (Lipinski definition) is 1. The minimum Gasteiger partial charge on any atom is -0.322 e. The molecular formula is C18H20N4O. The third-order valence-corrected chi connectivity index (χ3v) is 3.93. The monoisotopic (exact) mass is 308 g/mol. The number of carbonyl (C=O) groups excluding carboxylic acids is 1. The van der Waals surface area contributed by atoms with Crippen molar-refractivity contribution < 1.29 is 4.79 Å². The van der Waals surface area contributed by atoms with Crippen LogP contribution in [0.1, 0.15) is 34.2 Å². The van der Waals surface area contributed by atoms with Gasteiger partial charge in [-0.2, -0.15) is 5.10 Å². The molecule has 5 heteroatoms. The molecule has 0 radical (unpaired) electrons. The van der Waals surface area contributed by atoms with E-state index in [1.54, 1.807) is 4.68 Å². The van der Waals surface area contributed by atoms with Crippen LogP contribution in [0.5, 0.6) is 0 Å². The fourth-order valence-corrected chi connectivity index (χ4v) is 2.82. The minimum absolute atomic E-state index is 0.134. The molecule has 0 saturated carbocycles. The first-order valence-electron chi connectivity index (χ1n) is 7.71. The first-order valence-corrected chi connectivity index (χ1v) is 7.71. The van der Waals surface area contributed by atoms with Crippen molar-refractivity contribution in [3.8, 4) is 0 Å². The largest absolute Gasteiger partial charge is 0.322 e. The molecule has 0 aliphatic carbocycles. The zero-order valence-corrected chi connectivity index (χ0v) is 13.8. The number of hydrogen-bond acceptors (Lipinski definition) is 3. The van der Waals surface area contributed by atoms with Gasteiger partial charge in [-0.15, -0.1) is 0 Å². The summed E-state index contributed by atoms with van der Waals surface area (Å²) in [4.78, 5) is 17.3. The summed E-state index contributed by atoms with van der Waals surface area (Å²) in [7, 11) is 1.84. The van der Waals surface area contributed by atoms with Crippen molar-refractivity contribution in [2.75, 3.05) is 5.32 Å². The quantitative estimate of drug-likeness (QED) is 0.806. The summed E-state index contributed by atoms with van der Waals surface area (Å²) in [5, 5.41) is 8.18. The van der Waals surface area contributed by atoms with E-state index in [4.69, 9.17) is 0 Å². The number of nitrogens with one attached hydrogen (secondary N) is 1. The van der Waals surface area contributed by atoms with Crippen molar-refractivity contribution in [1.29, 1.82) is 0 Å². The van der Waals surface area contributed by atoms with Crippen LogP contribution in [-0.2, 0) is 13.5 Å². The molecule has 0 spiro atoms. The smallest absolute Gasteiger partial charge is 0.256 e. The van der Waals surface area contributed by atoms with Crippen LogP contribution in [0.3, 0.4) is 0 Å². The van der Waals surface area contributed by atoms with Crippen molar-refractivity contribution in [2.24, 2.45) is 7.05 Å². The zero-order valence-electron chi connectivity index (χ0n) is 13.8. The number of rotatable bonds is 3. The lowest BCUT2D eigenvalue weighted by atomic mass is 10.1.